The summed E-state index contributed by atoms with van der Waals surface area (Å²) in [5.74, 6) is -1.04. The Morgan fingerprint density at radius 3 is 1.97 bits per heavy atom. The van der Waals surface area contributed by atoms with Crippen LogP contribution in [0.1, 0.15) is 61.0 Å². The van der Waals surface area contributed by atoms with Gasteiger partial charge in [-0.3, -0.25) is 14.9 Å². The maximum atomic E-state index is 12.7. The summed E-state index contributed by atoms with van der Waals surface area (Å²) in [6, 6.07) is 3.24. The van der Waals surface area contributed by atoms with Crippen LogP contribution in [-0.4, -0.2) is 40.8 Å². The summed E-state index contributed by atoms with van der Waals surface area (Å²) >= 11 is 0. The molecule has 29 heavy (non-hydrogen) atoms. The van der Waals surface area contributed by atoms with Gasteiger partial charge in [-0.1, -0.05) is 6.07 Å². The average Bonchev–Trinajstić information content (AvgIpc) is 2.53. The molecule has 162 valence electrons. The molecule has 8 nitrogen and oxygen atoms in total. The van der Waals surface area contributed by atoms with Crippen molar-refractivity contribution in [3.63, 3.8) is 0 Å². The first-order valence-electron chi connectivity index (χ1n) is 9.52. The molecule has 0 aromatic carbocycles. The van der Waals surface area contributed by atoms with E-state index >= 15 is 0 Å². The quantitative estimate of drug-likeness (QED) is 0.433. The summed E-state index contributed by atoms with van der Waals surface area (Å²) in [5.41, 5.74) is -2.28. The number of carbonyl (C=O) groups is 3. The molecule has 0 aliphatic heterocycles. The number of hydrogen-bond acceptors (Lipinski definition) is 7. The molecule has 0 radical (unpaired) electrons. The molecule has 1 amide bonds. The van der Waals surface area contributed by atoms with Crippen molar-refractivity contribution in [2.75, 3.05) is 11.9 Å². The molecule has 0 spiro atoms. The van der Waals surface area contributed by atoms with Gasteiger partial charge in [-0.05, 0) is 67.0 Å². The van der Waals surface area contributed by atoms with E-state index in [1.54, 1.807) is 60.6 Å². The fourth-order valence-corrected chi connectivity index (χ4v) is 2.33. The number of rotatable bonds is 6. The Kier molecular flexibility index (Phi) is 7.77. The number of nitrogens with zero attached hydrogens (tertiary/aromatic N) is 1. The van der Waals surface area contributed by atoms with Crippen LogP contribution >= 0.6 is 0 Å². The van der Waals surface area contributed by atoms with Crippen molar-refractivity contribution in [2.24, 2.45) is 5.41 Å². The number of ether oxygens (including phenoxy) is 3. The smallest absolute Gasteiger partial charge is 0.413 e. The second-order valence-electron chi connectivity index (χ2n) is 8.91. The van der Waals surface area contributed by atoms with Crippen LogP contribution in [0.2, 0.25) is 0 Å². The summed E-state index contributed by atoms with van der Waals surface area (Å²) in [4.78, 5) is 41.2. The maximum Gasteiger partial charge on any atom is 0.413 e. The predicted molar refractivity (Wildman–Crippen MR) is 108 cm³/mol. The molecular weight excluding hydrogens is 376 g/mol. The number of anilines is 1. The zero-order valence-electron chi connectivity index (χ0n) is 18.5. The second kappa shape index (κ2) is 9.24. The van der Waals surface area contributed by atoms with Crippen molar-refractivity contribution in [1.29, 1.82) is 0 Å². The summed E-state index contributed by atoms with van der Waals surface area (Å²) < 4.78 is 15.7. The van der Waals surface area contributed by atoms with Crippen LogP contribution in [0.25, 0.3) is 0 Å². The molecule has 1 atom stereocenters. The Morgan fingerprint density at radius 1 is 0.931 bits per heavy atom. The molecule has 0 aliphatic rings. The lowest BCUT2D eigenvalue weighted by Gasteiger charge is -2.29. The van der Waals surface area contributed by atoms with Gasteiger partial charge in [0, 0.05) is 12.6 Å². The van der Waals surface area contributed by atoms with Gasteiger partial charge in [-0.15, -0.1) is 0 Å². The fraction of sp³-hybridized carbons (Fsp3) is 0.619. The van der Waals surface area contributed by atoms with Crippen LogP contribution < -0.4 is 5.32 Å². The highest BCUT2D eigenvalue weighted by Crippen LogP contribution is 2.29. The van der Waals surface area contributed by atoms with Crippen LogP contribution in [0.4, 0.5) is 10.6 Å². The molecule has 1 aromatic heterocycles. The topological polar surface area (TPSA) is 104 Å². The van der Waals surface area contributed by atoms with Gasteiger partial charge < -0.3 is 14.2 Å². The molecule has 8 heteroatoms. The van der Waals surface area contributed by atoms with Gasteiger partial charge in [0.25, 0.3) is 0 Å². The molecule has 1 aromatic rings. The predicted octanol–water partition coefficient (Wildman–Crippen LogP) is 3.88. The van der Waals surface area contributed by atoms with Crippen molar-refractivity contribution in [3.05, 3.63) is 23.9 Å². The minimum atomic E-state index is -1.52. The molecule has 1 N–H and O–H groups in total. The third kappa shape index (κ3) is 8.09. The monoisotopic (exact) mass is 408 g/mol. The Balaban J connectivity index is 2.98. The minimum absolute atomic E-state index is 0.0421. The Hall–Kier alpha value is -2.64. The van der Waals surface area contributed by atoms with Gasteiger partial charge in [0.2, 0.25) is 0 Å². The molecule has 1 unspecified atom stereocenters. The van der Waals surface area contributed by atoms with E-state index in [1.165, 1.54) is 13.1 Å². The Bertz CT molecular complexity index is 731. The summed E-state index contributed by atoms with van der Waals surface area (Å²) in [7, 11) is 0. The van der Waals surface area contributed by atoms with E-state index in [4.69, 9.17) is 14.2 Å². The van der Waals surface area contributed by atoms with E-state index in [2.05, 4.69) is 10.3 Å². The summed E-state index contributed by atoms with van der Waals surface area (Å²) in [6.45, 7) is 13.8. The largest absolute Gasteiger partial charge is 0.465 e. The van der Waals surface area contributed by atoms with E-state index in [9.17, 15) is 14.4 Å². The van der Waals surface area contributed by atoms with Crippen LogP contribution in [0.3, 0.4) is 0 Å². The highest BCUT2D eigenvalue weighted by molar-refractivity contribution is 6.00. The summed E-state index contributed by atoms with van der Waals surface area (Å²) in [6.07, 6.45) is 0.900. The molecule has 0 aliphatic carbocycles. The van der Waals surface area contributed by atoms with Crippen molar-refractivity contribution in [2.45, 2.75) is 73.0 Å². The highest BCUT2D eigenvalue weighted by atomic mass is 16.6. The van der Waals surface area contributed by atoms with E-state index in [1.807, 2.05) is 0 Å². The van der Waals surface area contributed by atoms with Crippen LogP contribution in [-0.2, 0) is 30.2 Å². The van der Waals surface area contributed by atoms with Gasteiger partial charge in [-0.2, -0.15) is 0 Å². The molecule has 0 saturated heterocycles. The molecular formula is C21H32N2O6. The van der Waals surface area contributed by atoms with Gasteiger partial charge in [0.05, 0.1) is 6.61 Å². The van der Waals surface area contributed by atoms with Crippen LogP contribution in [0, 0.1) is 5.41 Å². The maximum absolute atomic E-state index is 12.7. The van der Waals surface area contributed by atoms with Crippen molar-refractivity contribution < 1.29 is 28.6 Å². The normalized spacial score (nSPS) is 13.8. The van der Waals surface area contributed by atoms with Crippen molar-refractivity contribution in [1.82, 2.24) is 4.98 Å². The van der Waals surface area contributed by atoms with Crippen LogP contribution in [0.5, 0.6) is 0 Å². The van der Waals surface area contributed by atoms with Crippen LogP contribution in [0.15, 0.2) is 18.3 Å². The lowest BCUT2D eigenvalue weighted by molar-refractivity contribution is -0.178. The average molecular weight is 408 g/mol. The van der Waals surface area contributed by atoms with Gasteiger partial charge >= 0.3 is 18.0 Å². The molecule has 0 bridgehead atoms. The lowest BCUT2D eigenvalue weighted by Crippen LogP contribution is -2.44. The third-order valence-corrected chi connectivity index (χ3v) is 3.59. The molecule has 0 saturated carbocycles. The number of pyridine rings is 1. The first kappa shape index (κ1) is 24.4. The van der Waals surface area contributed by atoms with Gasteiger partial charge in [0.1, 0.15) is 17.0 Å². The van der Waals surface area contributed by atoms with E-state index in [-0.39, 0.29) is 18.8 Å². The number of hydrogen-bond donors (Lipinski definition) is 1. The Labute approximate surface area is 172 Å². The third-order valence-electron chi connectivity index (χ3n) is 3.59. The number of esters is 2. The standard InChI is InChI=1S/C21H32N2O6/c1-9-27-16(24)21(8,17(25)28-19(2,3)4)12-14-10-11-15(22-13-14)23-18(26)29-20(5,6)7/h10-11,13H,9,12H2,1-8H3,(H,22,23,26). The van der Waals surface area contributed by atoms with E-state index in [0.717, 1.165) is 0 Å². The molecule has 1 rings (SSSR count). The SMILES string of the molecule is CCOC(=O)C(C)(Cc1ccc(NC(=O)OC(C)(C)C)nc1)C(=O)OC(C)(C)C. The zero-order chi connectivity index (χ0) is 22.5. The lowest BCUT2D eigenvalue weighted by atomic mass is 9.83. The number of amides is 1. The Morgan fingerprint density at radius 2 is 1.52 bits per heavy atom. The summed E-state index contributed by atoms with van der Waals surface area (Å²) in [5, 5.41) is 2.53. The second-order valence-corrected chi connectivity index (χ2v) is 8.91. The van der Waals surface area contributed by atoms with Gasteiger partial charge in [-0.25, -0.2) is 9.78 Å². The number of carbonyl (C=O) groups excluding carboxylic acids is 3. The van der Waals surface area contributed by atoms with Crippen molar-refractivity contribution in [3.8, 4) is 0 Å². The number of aromatic nitrogens is 1. The number of nitrogens with one attached hydrogen (secondary N) is 1. The first-order chi connectivity index (χ1) is 13.2. The van der Waals surface area contributed by atoms with E-state index in [0.29, 0.717) is 5.56 Å². The first-order valence-corrected chi connectivity index (χ1v) is 9.52. The minimum Gasteiger partial charge on any atom is -0.465 e. The zero-order valence-corrected chi connectivity index (χ0v) is 18.5. The van der Waals surface area contributed by atoms with Gasteiger partial charge in [0.15, 0.2) is 5.41 Å². The molecule has 1 heterocycles. The highest BCUT2D eigenvalue weighted by Gasteiger charge is 2.45. The van der Waals surface area contributed by atoms with Crippen molar-refractivity contribution >= 4 is 23.8 Å². The van der Waals surface area contributed by atoms with E-state index < -0.39 is 34.6 Å². The molecule has 0 fully saturated rings. The fourth-order valence-electron chi connectivity index (χ4n) is 2.33.